The van der Waals surface area contributed by atoms with Crippen LogP contribution in [0.15, 0.2) is 30.3 Å². The fourth-order valence-electron chi connectivity index (χ4n) is 3.42. The summed E-state index contributed by atoms with van der Waals surface area (Å²) in [6.45, 7) is 5.43. The molecule has 0 N–H and O–H groups in total. The number of quaternary nitrogens is 1. The molecule has 1 aromatic rings. The molecule has 0 heterocycles. The Kier molecular flexibility index (Phi) is 17.2. The van der Waals surface area contributed by atoms with Crippen LogP contribution in [0.3, 0.4) is 0 Å². The fourth-order valence-corrected chi connectivity index (χ4v) is 3.42. The lowest BCUT2D eigenvalue weighted by atomic mass is 10.1. The van der Waals surface area contributed by atoms with Gasteiger partial charge in [-0.2, -0.15) is 0 Å². The molecule has 0 aliphatic rings. The predicted molar refractivity (Wildman–Crippen MR) is 115 cm³/mol. The number of hydrogen-bond donors (Lipinski definition) is 0. The number of rotatable bonds is 17. The number of halogens is 1. The molecule has 0 aromatic heterocycles. The van der Waals surface area contributed by atoms with Gasteiger partial charge >= 0.3 is 0 Å². The minimum absolute atomic E-state index is 0. The molecule has 1 rings (SSSR count). The van der Waals surface area contributed by atoms with Gasteiger partial charge in [0.15, 0.2) is 0 Å². The molecule has 0 aliphatic heterocycles. The van der Waals surface area contributed by atoms with Gasteiger partial charge in [-0.1, -0.05) is 89.3 Å². The average Bonchev–Trinajstić information content (AvgIpc) is 2.63. The summed E-state index contributed by atoms with van der Waals surface area (Å²) in [5.41, 5.74) is 0. The molecule has 0 radical (unpaired) electrons. The number of ether oxygens (including phenoxy) is 1. The van der Waals surface area contributed by atoms with E-state index >= 15 is 0 Å². The fraction of sp³-hybridized carbons (Fsp3) is 0.750. The molecular formula is C24H44BrNO. The van der Waals surface area contributed by atoms with Crippen molar-refractivity contribution in [3.8, 4) is 5.75 Å². The van der Waals surface area contributed by atoms with E-state index in [4.69, 9.17) is 4.74 Å². The lowest BCUT2D eigenvalue weighted by Gasteiger charge is -2.29. The second-order valence-electron chi connectivity index (χ2n) is 8.43. The van der Waals surface area contributed by atoms with Crippen LogP contribution in [0.2, 0.25) is 0 Å². The van der Waals surface area contributed by atoms with Crippen molar-refractivity contribution in [2.75, 3.05) is 33.8 Å². The number of hydrogen-bond acceptors (Lipinski definition) is 1. The zero-order valence-corrected chi connectivity index (χ0v) is 19.8. The van der Waals surface area contributed by atoms with Crippen molar-refractivity contribution in [2.45, 2.75) is 84.0 Å². The van der Waals surface area contributed by atoms with Crippen LogP contribution in [0.1, 0.15) is 84.0 Å². The van der Waals surface area contributed by atoms with E-state index in [0.717, 1.165) is 23.4 Å². The average molecular weight is 443 g/mol. The maximum atomic E-state index is 5.84. The number of benzene rings is 1. The Morgan fingerprint density at radius 3 is 1.67 bits per heavy atom. The molecular weight excluding hydrogens is 398 g/mol. The minimum Gasteiger partial charge on any atom is -1.00 e. The van der Waals surface area contributed by atoms with Crippen molar-refractivity contribution in [1.82, 2.24) is 0 Å². The van der Waals surface area contributed by atoms with E-state index in [1.54, 1.807) is 0 Å². The zero-order chi connectivity index (χ0) is 18.9. The van der Waals surface area contributed by atoms with Crippen LogP contribution in [-0.2, 0) is 0 Å². The van der Waals surface area contributed by atoms with Gasteiger partial charge in [-0.15, -0.1) is 0 Å². The summed E-state index contributed by atoms with van der Waals surface area (Å²) in [7, 11) is 4.65. The molecule has 0 atom stereocenters. The molecule has 27 heavy (non-hydrogen) atoms. The van der Waals surface area contributed by atoms with Crippen LogP contribution in [-0.4, -0.2) is 38.3 Å². The van der Waals surface area contributed by atoms with E-state index in [1.165, 1.54) is 83.6 Å². The zero-order valence-electron chi connectivity index (χ0n) is 18.2. The van der Waals surface area contributed by atoms with Crippen LogP contribution >= 0.6 is 0 Å². The van der Waals surface area contributed by atoms with Gasteiger partial charge in [-0.25, -0.2) is 0 Å². The lowest BCUT2D eigenvalue weighted by molar-refractivity contribution is -0.890. The third-order valence-corrected chi connectivity index (χ3v) is 5.33. The summed E-state index contributed by atoms with van der Waals surface area (Å²) >= 11 is 0. The normalized spacial score (nSPS) is 11.2. The lowest BCUT2D eigenvalue weighted by Crippen LogP contribution is -3.00. The Hall–Kier alpha value is -0.540. The van der Waals surface area contributed by atoms with Crippen LogP contribution in [0.5, 0.6) is 5.75 Å². The van der Waals surface area contributed by atoms with Gasteiger partial charge in [0.25, 0.3) is 0 Å². The Labute approximate surface area is 180 Å². The highest BCUT2D eigenvalue weighted by Gasteiger charge is 2.14. The smallest absolute Gasteiger partial charge is 0.137 e. The monoisotopic (exact) mass is 441 g/mol. The summed E-state index contributed by atoms with van der Waals surface area (Å²) in [4.78, 5) is 0. The first-order valence-electron chi connectivity index (χ1n) is 11.1. The van der Waals surface area contributed by atoms with E-state index in [-0.39, 0.29) is 17.0 Å². The van der Waals surface area contributed by atoms with Crippen molar-refractivity contribution >= 4 is 0 Å². The van der Waals surface area contributed by atoms with Crippen LogP contribution in [0, 0.1) is 0 Å². The van der Waals surface area contributed by atoms with E-state index in [0.29, 0.717) is 0 Å². The van der Waals surface area contributed by atoms with Crippen LogP contribution in [0.25, 0.3) is 0 Å². The van der Waals surface area contributed by atoms with E-state index in [1.807, 2.05) is 30.3 Å². The van der Waals surface area contributed by atoms with Crippen LogP contribution < -0.4 is 21.7 Å². The SMILES string of the molecule is CCCCCCCCCCCCCC[N+](C)(C)CCOc1ccccc1.[Br-]. The predicted octanol–water partition coefficient (Wildman–Crippen LogP) is 3.85. The highest BCUT2D eigenvalue weighted by atomic mass is 79.9. The van der Waals surface area contributed by atoms with Gasteiger partial charge in [-0.3, -0.25) is 0 Å². The molecule has 0 fully saturated rings. The summed E-state index contributed by atoms with van der Waals surface area (Å²) in [6, 6.07) is 10.2. The van der Waals surface area contributed by atoms with E-state index in [2.05, 4.69) is 21.0 Å². The van der Waals surface area contributed by atoms with Gasteiger partial charge in [-0.05, 0) is 25.0 Å². The van der Waals surface area contributed by atoms with Crippen molar-refractivity contribution in [1.29, 1.82) is 0 Å². The Morgan fingerprint density at radius 1 is 0.667 bits per heavy atom. The van der Waals surface area contributed by atoms with Gasteiger partial charge in [0.05, 0.1) is 20.6 Å². The first-order valence-corrected chi connectivity index (χ1v) is 11.1. The topological polar surface area (TPSA) is 9.23 Å². The first kappa shape index (κ1) is 26.5. The summed E-state index contributed by atoms with van der Waals surface area (Å²) in [6.07, 6.45) is 17.1. The molecule has 1 aromatic carbocycles. The van der Waals surface area contributed by atoms with E-state index in [9.17, 15) is 0 Å². The number of unbranched alkanes of at least 4 members (excludes halogenated alkanes) is 11. The molecule has 0 bridgehead atoms. The van der Waals surface area contributed by atoms with Gasteiger partial charge in [0.1, 0.15) is 18.9 Å². The largest absolute Gasteiger partial charge is 1.00 e. The third-order valence-electron chi connectivity index (χ3n) is 5.33. The maximum Gasteiger partial charge on any atom is 0.137 e. The second-order valence-corrected chi connectivity index (χ2v) is 8.43. The van der Waals surface area contributed by atoms with Gasteiger partial charge in [0.2, 0.25) is 0 Å². The molecule has 0 aliphatic carbocycles. The summed E-state index contributed by atoms with van der Waals surface area (Å²) < 4.78 is 6.90. The third kappa shape index (κ3) is 16.1. The van der Waals surface area contributed by atoms with Crippen molar-refractivity contribution in [2.24, 2.45) is 0 Å². The standard InChI is InChI=1S/C24H44NO.BrH/c1-4-5-6-7-8-9-10-11-12-13-14-18-21-25(2,3)22-23-26-24-19-16-15-17-20-24;/h15-17,19-20H,4-14,18,21-23H2,1-3H3;1H/q+1;/p-1. The molecule has 0 saturated heterocycles. The molecule has 0 spiro atoms. The quantitative estimate of drug-likeness (QED) is 0.263. The Balaban J connectivity index is 0.00000676. The Bertz CT molecular complexity index is 422. The van der Waals surface area contributed by atoms with Gasteiger partial charge < -0.3 is 26.2 Å². The van der Waals surface area contributed by atoms with E-state index < -0.39 is 0 Å². The minimum atomic E-state index is 0. The number of nitrogens with zero attached hydrogens (tertiary/aromatic N) is 1. The van der Waals surface area contributed by atoms with Crippen LogP contribution in [0.4, 0.5) is 0 Å². The van der Waals surface area contributed by atoms with Crippen molar-refractivity contribution in [3.05, 3.63) is 30.3 Å². The van der Waals surface area contributed by atoms with Gasteiger partial charge in [0, 0.05) is 0 Å². The molecule has 0 unspecified atom stereocenters. The van der Waals surface area contributed by atoms with Crippen molar-refractivity contribution < 1.29 is 26.2 Å². The molecule has 0 amide bonds. The first-order chi connectivity index (χ1) is 12.6. The number of likely N-dealkylation sites (N-methyl/N-ethyl adjacent to an activating group) is 1. The maximum absolute atomic E-state index is 5.84. The molecule has 158 valence electrons. The summed E-state index contributed by atoms with van der Waals surface area (Å²) in [5.74, 6) is 0.984. The number of para-hydroxylation sites is 1. The van der Waals surface area contributed by atoms with Crippen molar-refractivity contribution in [3.63, 3.8) is 0 Å². The molecule has 3 heteroatoms. The molecule has 0 saturated carbocycles. The molecule has 2 nitrogen and oxygen atoms in total. The highest BCUT2D eigenvalue weighted by molar-refractivity contribution is 5.20. The Morgan fingerprint density at radius 2 is 1.15 bits per heavy atom. The second kappa shape index (κ2) is 17.6. The summed E-state index contributed by atoms with van der Waals surface area (Å²) in [5, 5.41) is 0. The highest BCUT2D eigenvalue weighted by Crippen LogP contribution is 2.13.